The number of benzene rings is 1. The quantitative estimate of drug-likeness (QED) is 0.404. The monoisotopic (exact) mass is 433 g/mol. The molecule has 0 aliphatic heterocycles. The lowest BCUT2D eigenvalue weighted by atomic mass is 9.90. The van der Waals surface area contributed by atoms with Gasteiger partial charge in [0.15, 0.2) is 0 Å². The molecular formula is C24H36FN3OS. The molecule has 3 N–H and O–H groups in total. The third kappa shape index (κ3) is 6.87. The van der Waals surface area contributed by atoms with Crippen LogP contribution in [0.3, 0.4) is 0 Å². The number of nitriles is 1. The zero-order valence-corrected chi connectivity index (χ0v) is 20.1. The van der Waals surface area contributed by atoms with E-state index in [4.69, 9.17) is 5.73 Å². The Kier molecular flexibility index (Phi) is 10.1. The van der Waals surface area contributed by atoms with Crippen molar-refractivity contribution in [1.82, 2.24) is 4.72 Å². The van der Waals surface area contributed by atoms with Gasteiger partial charge in [-0.2, -0.15) is 5.26 Å². The van der Waals surface area contributed by atoms with Crippen LogP contribution in [0, 0.1) is 30.0 Å². The van der Waals surface area contributed by atoms with Crippen LogP contribution >= 0.6 is 0 Å². The Hall–Kier alpha value is -1.81. The Morgan fingerprint density at radius 3 is 2.50 bits per heavy atom. The van der Waals surface area contributed by atoms with Crippen LogP contribution in [0.2, 0.25) is 0 Å². The van der Waals surface area contributed by atoms with Gasteiger partial charge in [0, 0.05) is 12.1 Å². The Bertz CT molecular complexity index is 868. The van der Waals surface area contributed by atoms with Gasteiger partial charge in [0.2, 0.25) is 0 Å². The Balaban J connectivity index is 3.17. The number of nitrogens with one attached hydrogen (secondary N) is 1. The van der Waals surface area contributed by atoms with Crippen LogP contribution < -0.4 is 10.5 Å². The van der Waals surface area contributed by atoms with Gasteiger partial charge < -0.3 is 5.73 Å². The van der Waals surface area contributed by atoms with Crippen LogP contribution in [-0.2, 0) is 17.4 Å². The van der Waals surface area contributed by atoms with E-state index in [1.165, 1.54) is 6.07 Å². The summed E-state index contributed by atoms with van der Waals surface area (Å²) in [6.45, 7) is 13.9. The first kappa shape index (κ1) is 26.2. The predicted octanol–water partition coefficient (Wildman–Crippen LogP) is 4.96. The summed E-state index contributed by atoms with van der Waals surface area (Å²) < 4.78 is 30.1. The highest BCUT2D eigenvalue weighted by molar-refractivity contribution is 7.83. The number of hydrogen-bond donors (Lipinski definition) is 2. The highest BCUT2D eigenvalue weighted by Crippen LogP contribution is 2.28. The number of halogens is 1. The zero-order chi connectivity index (χ0) is 23.1. The van der Waals surface area contributed by atoms with Crippen LogP contribution in [-0.4, -0.2) is 21.5 Å². The van der Waals surface area contributed by atoms with Gasteiger partial charge >= 0.3 is 0 Å². The minimum absolute atomic E-state index is 0.0850. The minimum atomic E-state index is -1.31. The molecule has 3 atom stereocenters. The molecule has 0 amide bonds. The molecule has 0 bridgehead atoms. The van der Waals surface area contributed by atoms with Crippen LogP contribution in [0.5, 0.6) is 0 Å². The Morgan fingerprint density at radius 1 is 1.37 bits per heavy atom. The molecule has 0 heterocycles. The number of hydrogen-bond acceptors (Lipinski definition) is 3. The van der Waals surface area contributed by atoms with E-state index < -0.39 is 11.0 Å². The lowest BCUT2D eigenvalue weighted by Gasteiger charge is -2.25. The fraction of sp³-hybridized carbons (Fsp3) is 0.542. The number of rotatable bonds is 10. The van der Waals surface area contributed by atoms with Crippen molar-refractivity contribution in [3.63, 3.8) is 0 Å². The molecule has 166 valence electrons. The highest BCUT2D eigenvalue weighted by atomic mass is 32.2. The first-order chi connectivity index (χ1) is 14.0. The molecule has 0 saturated heterocycles. The van der Waals surface area contributed by atoms with E-state index in [1.807, 2.05) is 66.7 Å². The number of nitrogens with zero attached hydrogens (tertiary/aromatic N) is 1. The Morgan fingerprint density at radius 2 is 2.00 bits per heavy atom. The predicted molar refractivity (Wildman–Crippen MR) is 126 cm³/mol. The fourth-order valence-electron chi connectivity index (χ4n) is 2.96. The molecule has 1 aromatic rings. The second-order valence-corrected chi connectivity index (χ2v) is 9.77. The van der Waals surface area contributed by atoms with Gasteiger partial charge in [-0.25, -0.2) is 13.3 Å². The van der Waals surface area contributed by atoms with Gasteiger partial charge in [0.25, 0.3) is 0 Å². The summed E-state index contributed by atoms with van der Waals surface area (Å²) in [5.74, 6) is -0.372. The van der Waals surface area contributed by atoms with E-state index in [0.29, 0.717) is 23.1 Å². The zero-order valence-electron chi connectivity index (χ0n) is 19.3. The summed E-state index contributed by atoms with van der Waals surface area (Å²) in [6, 6.07) is 5.52. The van der Waals surface area contributed by atoms with Crippen molar-refractivity contribution in [1.29, 1.82) is 5.26 Å². The van der Waals surface area contributed by atoms with Gasteiger partial charge in [0.05, 0.1) is 16.9 Å². The van der Waals surface area contributed by atoms with Gasteiger partial charge in [-0.05, 0) is 74.8 Å². The van der Waals surface area contributed by atoms with Crippen molar-refractivity contribution in [3.05, 3.63) is 52.4 Å². The lowest BCUT2D eigenvalue weighted by Crippen LogP contribution is -2.44. The molecule has 0 aliphatic carbocycles. The average molecular weight is 434 g/mol. The maximum absolute atomic E-state index is 14.3. The Labute approximate surface area is 184 Å². The number of nitrogens with two attached hydrogens (primary N) is 1. The average Bonchev–Trinajstić information content (AvgIpc) is 2.70. The van der Waals surface area contributed by atoms with Gasteiger partial charge in [0.1, 0.15) is 16.8 Å². The van der Waals surface area contributed by atoms with Crippen molar-refractivity contribution in [2.24, 2.45) is 11.7 Å². The summed E-state index contributed by atoms with van der Waals surface area (Å²) in [6.07, 6.45) is 5.23. The fourth-order valence-corrected chi connectivity index (χ4v) is 4.21. The smallest absolute Gasteiger partial charge is 0.127 e. The van der Waals surface area contributed by atoms with E-state index in [0.717, 1.165) is 17.6 Å². The SMILES string of the molecule is CCc1cc(C)c(/C(C#N)=C(\C)[C@@H](C)/C=C\C(CN)S(=O)NC(C)(C)CC)cc1F. The first-order valence-electron chi connectivity index (χ1n) is 10.5. The molecule has 2 unspecified atom stereocenters. The van der Waals surface area contributed by atoms with Gasteiger partial charge in [-0.1, -0.05) is 39.0 Å². The van der Waals surface area contributed by atoms with E-state index in [1.54, 1.807) is 0 Å². The standard InChI is InChI=1S/C24H36FN3OS/c1-8-19-12-17(4)21(13-23(19)25)22(15-27)18(5)16(3)10-11-20(14-26)30(29)28-24(6,7)9-2/h10-13,16,20,28H,8-9,14,26H2,1-7H3/b11-10-,22-18+/t16-,20?,30?/m0/s1. The molecule has 4 nitrogen and oxygen atoms in total. The normalized spacial score (nSPS) is 16.1. The molecule has 30 heavy (non-hydrogen) atoms. The summed E-state index contributed by atoms with van der Waals surface area (Å²) in [7, 11) is -1.31. The van der Waals surface area contributed by atoms with Crippen molar-refractivity contribution in [2.45, 2.75) is 72.1 Å². The van der Waals surface area contributed by atoms with Crippen LogP contribution in [0.4, 0.5) is 4.39 Å². The third-order valence-electron chi connectivity index (χ3n) is 5.62. The first-order valence-corrected chi connectivity index (χ1v) is 11.7. The number of allylic oxidation sites excluding steroid dienone is 3. The van der Waals surface area contributed by atoms with E-state index in [2.05, 4.69) is 10.8 Å². The minimum Gasteiger partial charge on any atom is -0.329 e. The van der Waals surface area contributed by atoms with Crippen LogP contribution in [0.1, 0.15) is 64.7 Å². The number of aryl methyl sites for hydroxylation is 2. The molecule has 0 spiro atoms. The maximum atomic E-state index is 14.3. The largest absolute Gasteiger partial charge is 0.329 e. The molecule has 0 fully saturated rings. The molecular weight excluding hydrogens is 397 g/mol. The maximum Gasteiger partial charge on any atom is 0.127 e. The van der Waals surface area contributed by atoms with Crippen LogP contribution in [0.15, 0.2) is 29.9 Å². The molecule has 1 rings (SSSR count). The molecule has 6 heteroatoms. The second-order valence-electron chi connectivity index (χ2n) is 8.37. The van der Waals surface area contributed by atoms with Gasteiger partial charge in [-0.3, -0.25) is 0 Å². The van der Waals surface area contributed by atoms with E-state index >= 15 is 0 Å². The highest BCUT2D eigenvalue weighted by Gasteiger charge is 2.22. The molecule has 0 aromatic heterocycles. The van der Waals surface area contributed by atoms with Crippen molar-refractivity contribution < 1.29 is 8.60 Å². The lowest BCUT2D eigenvalue weighted by molar-refractivity contribution is 0.454. The van der Waals surface area contributed by atoms with E-state index in [9.17, 15) is 13.9 Å². The van der Waals surface area contributed by atoms with E-state index in [-0.39, 0.29) is 29.1 Å². The molecule has 0 radical (unpaired) electrons. The van der Waals surface area contributed by atoms with Gasteiger partial charge in [-0.15, -0.1) is 0 Å². The topological polar surface area (TPSA) is 78.9 Å². The molecule has 1 aromatic carbocycles. The van der Waals surface area contributed by atoms with Crippen molar-refractivity contribution in [3.8, 4) is 6.07 Å². The summed E-state index contributed by atoms with van der Waals surface area (Å²) in [5.41, 5.74) is 9.07. The third-order valence-corrected chi connectivity index (χ3v) is 7.27. The summed E-state index contributed by atoms with van der Waals surface area (Å²) in [4.78, 5) is 0. The molecule has 0 aliphatic rings. The van der Waals surface area contributed by atoms with Crippen molar-refractivity contribution in [2.75, 3.05) is 6.54 Å². The van der Waals surface area contributed by atoms with Crippen molar-refractivity contribution >= 4 is 16.6 Å². The van der Waals surface area contributed by atoms with Crippen LogP contribution in [0.25, 0.3) is 5.57 Å². The summed E-state index contributed by atoms with van der Waals surface area (Å²) >= 11 is 0. The second kappa shape index (κ2) is 11.5. The molecule has 0 saturated carbocycles. The summed E-state index contributed by atoms with van der Waals surface area (Å²) in [5, 5.41) is 9.44.